The van der Waals surface area contributed by atoms with Gasteiger partial charge >= 0.3 is 12.1 Å². The van der Waals surface area contributed by atoms with Crippen LogP contribution in [0.5, 0.6) is 11.5 Å². The number of carbonyl (C=O) groups is 1. The number of aromatic hydroxyl groups is 1. The summed E-state index contributed by atoms with van der Waals surface area (Å²) in [4.78, 5) is 11.5. The van der Waals surface area contributed by atoms with Crippen LogP contribution in [0.3, 0.4) is 0 Å². The molecule has 1 aliphatic rings. The second kappa shape index (κ2) is 8.21. The summed E-state index contributed by atoms with van der Waals surface area (Å²) in [5.41, 5.74) is 0.764. The SMILES string of the molecule is COc1cccc([C@@H]2S[C@@H](CC(=O)O)c3nnc(C(F)(F)F)n3-c3ccc(Cl)cc32)c1O. The largest absolute Gasteiger partial charge is 0.504 e. The van der Waals surface area contributed by atoms with E-state index in [1.165, 1.54) is 31.4 Å². The maximum Gasteiger partial charge on any atom is 0.452 e. The molecule has 2 heterocycles. The number of carboxylic acids is 1. The molecule has 1 aliphatic heterocycles. The van der Waals surface area contributed by atoms with Crippen molar-refractivity contribution in [3.05, 3.63) is 64.2 Å². The van der Waals surface area contributed by atoms with Crippen LogP contribution in [-0.4, -0.2) is 38.1 Å². The Labute approximate surface area is 188 Å². The number of aliphatic carboxylic acids is 1. The minimum Gasteiger partial charge on any atom is -0.504 e. The number of halogens is 4. The van der Waals surface area contributed by atoms with Gasteiger partial charge in [-0.15, -0.1) is 22.0 Å². The summed E-state index contributed by atoms with van der Waals surface area (Å²) in [5, 5.41) is 25.7. The molecule has 0 bridgehead atoms. The molecule has 0 saturated heterocycles. The van der Waals surface area contributed by atoms with Crippen LogP contribution in [0.15, 0.2) is 36.4 Å². The normalized spacial score (nSPS) is 17.9. The van der Waals surface area contributed by atoms with Gasteiger partial charge in [-0.25, -0.2) is 0 Å². The van der Waals surface area contributed by atoms with Gasteiger partial charge in [0.25, 0.3) is 0 Å². The van der Waals surface area contributed by atoms with Crippen molar-refractivity contribution in [3.63, 3.8) is 0 Å². The number of carboxylic acid groups (broad SMARTS) is 1. The summed E-state index contributed by atoms with van der Waals surface area (Å²) >= 11 is 7.22. The molecule has 12 heteroatoms. The molecule has 0 spiro atoms. The molecule has 0 aliphatic carbocycles. The number of thioether (sulfide) groups is 1. The van der Waals surface area contributed by atoms with E-state index in [-0.39, 0.29) is 28.0 Å². The fourth-order valence-electron chi connectivity index (χ4n) is 3.62. The summed E-state index contributed by atoms with van der Waals surface area (Å²) in [6, 6.07) is 9.06. The Kier molecular flexibility index (Phi) is 5.72. The number of aromatic nitrogens is 3. The lowest BCUT2D eigenvalue weighted by atomic mass is 10.0. The van der Waals surface area contributed by atoms with Crippen molar-refractivity contribution in [1.29, 1.82) is 0 Å². The van der Waals surface area contributed by atoms with Gasteiger partial charge in [-0.2, -0.15) is 13.2 Å². The molecule has 0 unspecified atom stereocenters. The lowest BCUT2D eigenvalue weighted by Gasteiger charge is -2.22. The van der Waals surface area contributed by atoms with Crippen molar-refractivity contribution in [2.75, 3.05) is 7.11 Å². The quantitative estimate of drug-likeness (QED) is 0.536. The second-order valence-corrected chi connectivity index (χ2v) is 8.67. The molecule has 0 radical (unpaired) electrons. The number of benzene rings is 2. The number of phenolic OH excluding ortho intramolecular Hbond substituents is 1. The van der Waals surface area contributed by atoms with Crippen LogP contribution < -0.4 is 4.74 Å². The van der Waals surface area contributed by atoms with Crippen molar-refractivity contribution in [2.45, 2.75) is 23.1 Å². The van der Waals surface area contributed by atoms with Crippen LogP contribution in [0.1, 0.15) is 39.7 Å². The number of fused-ring (bicyclic) bond motifs is 3. The minimum absolute atomic E-state index is 0.0920. The van der Waals surface area contributed by atoms with E-state index >= 15 is 0 Å². The van der Waals surface area contributed by atoms with E-state index in [0.717, 1.165) is 16.3 Å². The van der Waals surface area contributed by atoms with Gasteiger partial charge in [-0.05, 0) is 29.8 Å². The summed E-state index contributed by atoms with van der Waals surface area (Å²) in [6.07, 6.45) is -5.35. The average Bonchev–Trinajstić information content (AvgIpc) is 3.12. The van der Waals surface area contributed by atoms with E-state index in [1.807, 2.05) is 0 Å². The monoisotopic (exact) mass is 485 g/mol. The predicted octanol–water partition coefficient (Wildman–Crippen LogP) is 5.01. The summed E-state index contributed by atoms with van der Waals surface area (Å²) in [7, 11) is 1.37. The van der Waals surface area contributed by atoms with Crippen molar-refractivity contribution in [3.8, 4) is 17.2 Å². The average molecular weight is 486 g/mol. The number of hydrogen-bond donors (Lipinski definition) is 2. The number of para-hydroxylation sites is 1. The van der Waals surface area contributed by atoms with E-state index in [0.29, 0.717) is 11.1 Å². The predicted molar refractivity (Wildman–Crippen MR) is 110 cm³/mol. The number of rotatable bonds is 4. The first-order valence-electron chi connectivity index (χ1n) is 9.17. The van der Waals surface area contributed by atoms with Crippen LogP contribution in [-0.2, 0) is 11.0 Å². The fraction of sp³-hybridized carbons (Fsp3) is 0.250. The first-order valence-corrected chi connectivity index (χ1v) is 10.5. The first kappa shape index (κ1) is 22.3. The van der Waals surface area contributed by atoms with E-state index in [4.69, 9.17) is 16.3 Å². The number of ether oxygens (including phenoxy) is 1. The third-order valence-electron chi connectivity index (χ3n) is 4.94. The summed E-state index contributed by atoms with van der Waals surface area (Å²) in [6.45, 7) is 0. The van der Waals surface area contributed by atoms with Gasteiger partial charge in [-0.3, -0.25) is 9.36 Å². The Hall–Kier alpha value is -2.92. The number of hydrogen-bond acceptors (Lipinski definition) is 6. The minimum atomic E-state index is -4.83. The third-order valence-corrected chi connectivity index (χ3v) is 6.66. The number of alkyl halides is 3. The molecule has 7 nitrogen and oxygen atoms in total. The van der Waals surface area contributed by atoms with Crippen LogP contribution in [0.25, 0.3) is 5.69 Å². The summed E-state index contributed by atoms with van der Waals surface area (Å²) in [5.74, 6) is -2.69. The molecular weight excluding hydrogens is 471 g/mol. The Balaban J connectivity index is 2.03. The van der Waals surface area contributed by atoms with Gasteiger partial charge in [-0.1, -0.05) is 23.7 Å². The van der Waals surface area contributed by atoms with E-state index < -0.39 is 34.9 Å². The lowest BCUT2D eigenvalue weighted by molar-refractivity contribution is -0.146. The topological polar surface area (TPSA) is 97.5 Å². The van der Waals surface area contributed by atoms with E-state index in [9.17, 15) is 28.2 Å². The Bertz CT molecular complexity index is 1200. The Morgan fingerprint density at radius 3 is 2.66 bits per heavy atom. The molecular formula is C20H15ClF3N3O4S. The van der Waals surface area contributed by atoms with Gasteiger partial charge in [0.15, 0.2) is 17.3 Å². The van der Waals surface area contributed by atoms with Crippen LogP contribution in [0, 0.1) is 0 Å². The molecule has 2 N–H and O–H groups in total. The standard InChI is InChI=1S/C20H15ClF3N3O4S/c1-31-13-4-2-3-10(16(13)30)17-11-7-9(21)5-6-12(11)27-18(14(32-17)8-15(28)29)25-26-19(27)20(22,23)24/h2-7,14,17,30H,8H2,1H3,(H,28,29)/t14-,17-/m0/s1. The van der Waals surface area contributed by atoms with Crippen molar-refractivity contribution < 1.29 is 32.9 Å². The van der Waals surface area contributed by atoms with Gasteiger partial charge in [0.1, 0.15) is 0 Å². The molecule has 1 aromatic heterocycles. The van der Waals surface area contributed by atoms with Gasteiger partial charge in [0, 0.05) is 10.6 Å². The second-order valence-electron chi connectivity index (χ2n) is 6.92. The van der Waals surface area contributed by atoms with Gasteiger partial charge in [0.05, 0.1) is 29.7 Å². The molecule has 0 saturated carbocycles. The van der Waals surface area contributed by atoms with Crippen LogP contribution in [0.4, 0.5) is 13.2 Å². The number of nitrogens with zero attached hydrogens (tertiary/aromatic N) is 3. The number of methoxy groups -OCH3 is 1. The van der Waals surface area contributed by atoms with Crippen molar-refractivity contribution >= 4 is 29.3 Å². The molecule has 168 valence electrons. The van der Waals surface area contributed by atoms with Crippen molar-refractivity contribution in [2.24, 2.45) is 0 Å². The van der Waals surface area contributed by atoms with Crippen LogP contribution in [0.2, 0.25) is 5.02 Å². The fourth-order valence-corrected chi connectivity index (χ4v) is 5.31. The molecule has 0 fully saturated rings. The van der Waals surface area contributed by atoms with Gasteiger partial charge < -0.3 is 14.9 Å². The zero-order valence-electron chi connectivity index (χ0n) is 16.3. The third kappa shape index (κ3) is 3.86. The van der Waals surface area contributed by atoms with E-state index in [1.54, 1.807) is 12.1 Å². The first-order chi connectivity index (χ1) is 15.1. The summed E-state index contributed by atoms with van der Waals surface area (Å²) < 4.78 is 47.3. The zero-order chi connectivity index (χ0) is 23.2. The Morgan fingerprint density at radius 1 is 1.25 bits per heavy atom. The molecule has 2 atom stereocenters. The molecule has 0 amide bonds. The molecule has 4 rings (SSSR count). The maximum atomic E-state index is 13.8. The molecule has 2 aromatic carbocycles. The van der Waals surface area contributed by atoms with Gasteiger partial charge in [0.2, 0.25) is 5.82 Å². The molecule has 3 aromatic rings. The highest BCUT2D eigenvalue weighted by Crippen LogP contribution is 2.54. The van der Waals surface area contributed by atoms with Crippen molar-refractivity contribution in [1.82, 2.24) is 14.8 Å². The lowest BCUT2D eigenvalue weighted by Crippen LogP contribution is -2.16. The highest BCUT2D eigenvalue weighted by Gasteiger charge is 2.43. The highest BCUT2D eigenvalue weighted by molar-refractivity contribution is 8.00. The maximum absolute atomic E-state index is 13.8. The van der Waals surface area contributed by atoms with E-state index in [2.05, 4.69) is 10.2 Å². The number of phenols is 1. The highest BCUT2D eigenvalue weighted by atomic mass is 35.5. The Morgan fingerprint density at radius 2 is 2.00 bits per heavy atom. The smallest absolute Gasteiger partial charge is 0.452 e. The molecule has 32 heavy (non-hydrogen) atoms. The zero-order valence-corrected chi connectivity index (χ0v) is 17.9. The van der Waals surface area contributed by atoms with Crippen LogP contribution >= 0.6 is 23.4 Å².